The van der Waals surface area contributed by atoms with E-state index in [1.165, 1.54) is 60.2 Å². The zero-order valence-electron chi connectivity index (χ0n) is 20.5. The van der Waals surface area contributed by atoms with E-state index in [-0.39, 0.29) is 0 Å². The van der Waals surface area contributed by atoms with Crippen molar-refractivity contribution in [3.63, 3.8) is 0 Å². The quantitative estimate of drug-likeness (QED) is 0.296. The molecular formula is C30H34N2O2. The van der Waals surface area contributed by atoms with Crippen LogP contribution in [0.1, 0.15) is 49.1 Å². The minimum Gasteiger partial charge on any atom is -0.493 e. The van der Waals surface area contributed by atoms with Crippen molar-refractivity contribution in [2.75, 3.05) is 14.2 Å². The molecule has 0 radical (unpaired) electrons. The first-order chi connectivity index (χ1) is 16.7. The van der Waals surface area contributed by atoms with Gasteiger partial charge in [0, 0.05) is 25.1 Å². The van der Waals surface area contributed by atoms with Crippen molar-refractivity contribution in [3.05, 3.63) is 77.6 Å². The molecule has 0 aliphatic heterocycles. The van der Waals surface area contributed by atoms with Gasteiger partial charge < -0.3 is 14.0 Å². The van der Waals surface area contributed by atoms with Gasteiger partial charge in [0.2, 0.25) is 0 Å². The molecule has 1 fully saturated rings. The van der Waals surface area contributed by atoms with Gasteiger partial charge in [0.05, 0.1) is 25.3 Å². The first kappa shape index (κ1) is 22.5. The number of hydrogen-bond donors (Lipinski definition) is 0. The molecule has 4 aromatic rings. The maximum Gasteiger partial charge on any atom is 0.163 e. The standard InChI is InChI=1S/C30H34N2O2/c1-21-9-7-8-12-25(21)24-15-13-23(14-16-24)20-32-27-19-29(34-3)28(33-2)18-26(27)31-30(32)17-22-10-5-4-6-11-22/h7-9,12-16,18-19,22H,4-6,10-11,17,20H2,1-3H3. The van der Waals surface area contributed by atoms with E-state index < -0.39 is 0 Å². The highest BCUT2D eigenvalue weighted by atomic mass is 16.5. The van der Waals surface area contributed by atoms with Crippen molar-refractivity contribution in [2.24, 2.45) is 5.92 Å². The fourth-order valence-corrected chi connectivity index (χ4v) is 5.35. The zero-order chi connectivity index (χ0) is 23.5. The van der Waals surface area contributed by atoms with Gasteiger partial charge in [-0.15, -0.1) is 0 Å². The summed E-state index contributed by atoms with van der Waals surface area (Å²) in [5.41, 5.74) is 7.19. The molecule has 34 heavy (non-hydrogen) atoms. The van der Waals surface area contributed by atoms with Gasteiger partial charge in [0.15, 0.2) is 11.5 Å². The topological polar surface area (TPSA) is 36.3 Å². The van der Waals surface area contributed by atoms with E-state index in [9.17, 15) is 0 Å². The number of imidazole rings is 1. The van der Waals surface area contributed by atoms with Gasteiger partial charge in [0.25, 0.3) is 0 Å². The highest BCUT2D eigenvalue weighted by molar-refractivity contribution is 5.81. The number of aromatic nitrogens is 2. The Kier molecular flexibility index (Phi) is 6.57. The molecule has 3 aromatic carbocycles. The normalized spacial score (nSPS) is 14.4. The second-order valence-corrected chi connectivity index (χ2v) is 9.53. The molecule has 1 aliphatic carbocycles. The Labute approximate surface area is 202 Å². The Morgan fingerprint density at radius 2 is 1.59 bits per heavy atom. The third-order valence-electron chi connectivity index (χ3n) is 7.28. The van der Waals surface area contributed by atoms with Crippen LogP contribution in [0.5, 0.6) is 11.5 Å². The Balaban J connectivity index is 1.51. The van der Waals surface area contributed by atoms with E-state index in [2.05, 4.69) is 66.1 Å². The average molecular weight is 455 g/mol. The lowest BCUT2D eigenvalue weighted by Crippen LogP contribution is -2.14. The molecular weight excluding hydrogens is 420 g/mol. The summed E-state index contributed by atoms with van der Waals surface area (Å²) in [6.45, 7) is 2.96. The van der Waals surface area contributed by atoms with Gasteiger partial charge >= 0.3 is 0 Å². The number of benzene rings is 3. The summed E-state index contributed by atoms with van der Waals surface area (Å²) in [6, 6.07) is 21.6. The lowest BCUT2D eigenvalue weighted by Gasteiger charge is -2.21. The number of aryl methyl sites for hydroxylation is 1. The largest absolute Gasteiger partial charge is 0.493 e. The number of nitrogens with zero attached hydrogens (tertiary/aromatic N) is 2. The van der Waals surface area contributed by atoms with Gasteiger partial charge in [-0.25, -0.2) is 4.98 Å². The molecule has 5 rings (SSSR count). The molecule has 0 saturated heterocycles. The minimum atomic E-state index is 0.719. The maximum atomic E-state index is 5.62. The molecule has 0 unspecified atom stereocenters. The van der Waals surface area contributed by atoms with Crippen LogP contribution < -0.4 is 9.47 Å². The third kappa shape index (κ3) is 4.54. The molecule has 1 aliphatic rings. The smallest absolute Gasteiger partial charge is 0.163 e. The number of ether oxygens (including phenoxy) is 2. The lowest BCUT2D eigenvalue weighted by molar-refractivity contribution is 0.349. The second-order valence-electron chi connectivity index (χ2n) is 9.53. The van der Waals surface area contributed by atoms with Gasteiger partial charge in [-0.1, -0.05) is 80.6 Å². The van der Waals surface area contributed by atoms with Crippen LogP contribution in [-0.4, -0.2) is 23.8 Å². The van der Waals surface area contributed by atoms with Crippen LogP contribution >= 0.6 is 0 Å². The molecule has 1 saturated carbocycles. The summed E-state index contributed by atoms with van der Waals surface area (Å²) in [5.74, 6) is 3.36. The molecule has 176 valence electrons. The van der Waals surface area contributed by atoms with Crippen molar-refractivity contribution in [1.82, 2.24) is 9.55 Å². The summed E-state index contributed by atoms with van der Waals surface area (Å²) < 4.78 is 13.6. The zero-order valence-corrected chi connectivity index (χ0v) is 20.5. The van der Waals surface area contributed by atoms with Crippen molar-refractivity contribution >= 4 is 11.0 Å². The van der Waals surface area contributed by atoms with Gasteiger partial charge in [-0.2, -0.15) is 0 Å². The number of rotatable bonds is 7. The first-order valence-corrected chi connectivity index (χ1v) is 12.4. The fourth-order valence-electron chi connectivity index (χ4n) is 5.35. The first-order valence-electron chi connectivity index (χ1n) is 12.4. The van der Waals surface area contributed by atoms with E-state index in [0.717, 1.165) is 41.4 Å². The molecule has 4 nitrogen and oxygen atoms in total. The van der Waals surface area contributed by atoms with Crippen LogP contribution in [0.4, 0.5) is 0 Å². The van der Waals surface area contributed by atoms with Gasteiger partial charge in [0.1, 0.15) is 5.82 Å². The third-order valence-corrected chi connectivity index (χ3v) is 7.28. The number of methoxy groups -OCH3 is 2. The molecule has 0 spiro atoms. The summed E-state index contributed by atoms with van der Waals surface area (Å²) in [7, 11) is 3.37. The van der Waals surface area contributed by atoms with E-state index in [0.29, 0.717) is 0 Å². The summed E-state index contributed by atoms with van der Waals surface area (Å²) in [5, 5.41) is 0. The van der Waals surface area contributed by atoms with Crippen LogP contribution in [0.3, 0.4) is 0 Å². The van der Waals surface area contributed by atoms with E-state index >= 15 is 0 Å². The molecule has 1 aromatic heterocycles. The molecule has 4 heteroatoms. The predicted octanol–water partition coefficient (Wildman–Crippen LogP) is 7.20. The predicted molar refractivity (Wildman–Crippen MR) is 139 cm³/mol. The highest BCUT2D eigenvalue weighted by Gasteiger charge is 2.20. The number of hydrogen-bond acceptors (Lipinski definition) is 3. The van der Waals surface area contributed by atoms with Crippen molar-refractivity contribution < 1.29 is 9.47 Å². The van der Waals surface area contributed by atoms with Crippen LogP contribution in [-0.2, 0) is 13.0 Å². The van der Waals surface area contributed by atoms with Crippen LogP contribution in [0.15, 0.2) is 60.7 Å². The summed E-state index contributed by atoms with van der Waals surface area (Å²) in [6.07, 6.45) is 7.69. The SMILES string of the molecule is COc1cc2nc(CC3CCCCC3)n(Cc3ccc(-c4ccccc4C)cc3)c2cc1OC. The van der Waals surface area contributed by atoms with Crippen LogP contribution in [0.2, 0.25) is 0 Å². The van der Waals surface area contributed by atoms with Crippen LogP contribution in [0.25, 0.3) is 22.2 Å². The van der Waals surface area contributed by atoms with Crippen LogP contribution in [0, 0.1) is 12.8 Å². The Bertz CT molecular complexity index is 1270. The molecule has 1 heterocycles. The highest BCUT2D eigenvalue weighted by Crippen LogP contribution is 2.34. The monoisotopic (exact) mass is 454 g/mol. The van der Waals surface area contributed by atoms with Crippen molar-refractivity contribution in [3.8, 4) is 22.6 Å². The lowest BCUT2D eigenvalue weighted by atomic mass is 9.87. The van der Waals surface area contributed by atoms with E-state index in [4.69, 9.17) is 14.5 Å². The second kappa shape index (κ2) is 9.92. The Morgan fingerprint density at radius 3 is 2.29 bits per heavy atom. The Hall–Kier alpha value is -3.27. The van der Waals surface area contributed by atoms with Gasteiger partial charge in [-0.05, 0) is 35.1 Å². The average Bonchev–Trinajstić information content (AvgIpc) is 3.20. The fraction of sp³-hybridized carbons (Fsp3) is 0.367. The minimum absolute atomic E-state index is 0.719. The molecule has 0 bridgehead atoms. The summed E-state index contributed by atoms with van der Waals surface area (Å²) in [4.78, 5) is 5.09. The maximum absolute atomic E-state index is 5.62. The van der Waals surface area contributed by atoms with E-state index in [1.807, 2.05) is 6.07 Å². The molecule has 0 atom stereocenters. The molecule has 0 N–H and O–H groups in total. The van der Waals surface area contributed by atoms with Crippen molar-refractivity contribution in [2.45, 2.75) is 52.0 Å². The Morgan fingerprint density at radius 1 is 0.882 bits per heavy atom. The molecule has 0 amide bonds. The van der Waals surface area contributed by atoms with Gasteiger partial charge in [-0.3, -0.25) is 0 Å². The number of fused-ring (bicyclic) bond motifs is 1. The summed E-state index contributed by atoms with van der Waals surface area (Å²) >= 11 is 0. The van der Waals surface area contributed by atoms with E-state index in [1.54, 1.807) is 14.2 Å². The van der Waals surface area contributed by atoms with Crippen molar-refractivity contribution in [1.29, 1.82) is 0 Å².